The Morgan fingerprint density at radius 1 is 1.05 bits per heavy atom. The lowest BCUT2D eigenvalue weighted by atomic mass is 10.1. The van der Waals surface area contributed by atoms with Crippen LogP contribution in [0.25, 0.3) is 0 Å². The molecule has 0 spiro atoms. The fraction of sp³-hybridized carbons (Fsp3) is 0.143. The van der Waals surface area contributed by atoms with Crippen LogP contribution in [0.2, 0.25) is 0 Å². The van der Waals surface area contributed by atoms with Crippen LogP contribution in [0, 0.1) is 10.1 Å². The van der Waals surface area contributed by atoms with Gasteiger partial charge < -0.3 is 4.74 Å². The standard InChI is InChI=1S/C14H11NO5S/c16-15(17)11-6-4-5-10(9-11)13-14(20-13)21(18,19)12-7-2-1-3-8-12/h1-9,13-14H. The van der Waals surface area contributed by atoms with Crippen LogP contribution in [-0.4, -0.2) is 18.8 Å². The maximum absolute atomic E-state index is 12.3. The number of ether oxygens (including phenoxy) is 1. The lowest BCUT2D eigenvalue weighted by Gasteiger charge is -2.00. The van der Waals surface area contributed by atoms with Gasteiger partial charge in [-0.25, -0.2) is 8.42 Å². The quantitative estimate of drug-likeness (QED) is 0.491. The highest BCUT2D eigenvalue weighted by Gasteiger charge is 2.51. The highest BCUT2D eigenvalue weighted by Crippen LogP contribution is 2.45. The van der Waals surface area contributed by atoms with Crippen molar-refractivity contribution in [1.29, 1.82) is 0 Å². The molecule has 1 aliphatic heterocycles. The second-order valence-electron chi connectivity index (χ2n) is 4.64. The van der Waals surface area contributed by atoms with E-state index in [1.165, 1.54) is 30.3 Å². The molecule has 6 nitrogen and oxygen atoms in total. The molecule has 2 unspecified atom stereocenters. The van der Waals surface area contributed by atoms with Crippen molar-refractivity contribution in [1.82, 2.24) is 0 Å². The Kier molecular flexibility index (Phi) is 3.23. The molecule has 2 aromatic carbocycles. The van der Waals surface area contributed by atoms with Crippen molar-refractivity contribution in [2.75, 3.05) is 0 Å². The van der Waals surface area contributed by atoms with Crippen LogP contribution in [-0.2, 0) is 14.6 Å². The number of sulfone groups is 1. The fourth-order valence-electron chi connectivity index (χ4n) is 2.13. The summed E-state index contributed by atoms with van der Waals surface area (Å²) in [5, 5.41) is 10.7. The van der Waals surface area contributed by atoms with E-state index in [-0.39, 0.29) is 10.6 Å². The van der Waals surface area contributed by atoms with Gasteiger partial charge in [0.25, 0.3) is 5.69 Å². The second-order valence-corrected chi connectivity index (χ2v) is 6.66. The molecule has 0 radical (unpaired) electrons. The highest BCUT2D eigenvalue weighted by atomic mass is 32.2. The van der Waals surface area contributed by atoms with Gasteiger partial charge in [-0.15, -0.1) is 0 Å². The monoisotopic (exact) mass is 305 g/mol. The van der Waals surface area contributed by atoms with E-state index in [1.807, 2.05) is 0 Å². The average molecular weight is 305 g/mol. The summed E-state index contributed by atoms with van der Waals surface area (Å²) in [4.78, 5) is 10.4. The third-order valence-corrected chi connectivity index (χ3v) is 5.14. The zero-order valence-electron chi connectivity index (χ0n) is 10.7. The van der Waals surface area contributed by atoms with E-state index in [1.54, 1.807) is 24.3 Å². The molecule has 1 saturated heterocycles. The number of hydrogen-bond acceptors (Lipinski definition) is 5. The molecule has 2 aromatic rings. The van der Waals surface area contributed by atoms with Gasteiger partial charge >= 0.3 is 0 Å². The molecule has 1 aliphatic rings. The molecule has 1 fully saturated rings. The minimum absolute atomic E-state index is 0.0844. The lowest BCUT2D eigenvalue weighted by Crippen LogP contribution is -2.09. The summed E-state index contributed by atoms with van der Waals surface area (Å²) < 4.78 is 29.9. The van der Waals surface area contributed by atoms with Crippen molar-refractivity contribution in [2.45, 2.75) is 16.4 Å². The summed E-state index contributed by atoms with van der Waals surface area (Å²) in [6.45, 7) is 0. The molecule has 7 heteroatoms. The molecule has 1 heterocycles. The van der Waals surface area contributed by atoms with Crippen molar-refractivity contribution < 1.29 is 18.1 Å². The zero-order chi connectivity index (χ0) is 15.0. The van der Waals surface area contributed by atoms with E-state index < -0.39 is 26.3 Å². The van der Waals surface area contributed by atoms with Crippen molar-refractivity contribution in [3.63, 3.8) is 0 Å². The summed E-state index contributed by atoms with van der Waals surface area (Å²) in [5.41, 5.74) is -0.575. The SMILES string of the molecule is O=[N+]([O-])c1cccc(C2OC2S(=O)(=O)c2ccccc2)c1. The molecule has 108 valence electrons. The van der Waals surface area contributed by atoms with E-state index in [9.17, 15) is 18.5 Å². The Morgan fingerprint density at radius 2 is 1.76 bits per heavy atom. The smallest absolute Gasteiger partial charge is 0.269 e. The number of nitro benzene ring substituents is 1. The Bertz CT molecular complexity index is 788. The van der Waals surface area contributed by atoms with Crippen LogP contribution < -0.4 is 0 Å². The molecule has 0 aliphatic carbocycles. The van der Waals surface area contributed by atoms with Crippen LogP contribution in [0.5, 0.6) is 0 Å². The molecule has 2 atom stereocenters. The van der Waals surface area contributed by atoms with E-state index in [0.29, 0.717) is 5.56 Å². The Hall–Kier alpha value is -2.25. The largest absolute Gasteiger partial charge is 0.347 e. The van der Waals surface area contributed by atoms with Gasteiger partial charge in [-0.1, -0.05) is 30.3 Å². The van der Waals surface area contributed by atoms with Gasteiger partial charge in [-0.2, -0.15) is 0 Å². The third-order valence-electron chi connectivity index (χ3n) is 3.24. The molecular weight excluding hydrogens is 294 g/mol. The Morgan fingerprint density at radius 3 is 2.43 bits per heavy atom. The van der Waals surface area contributed by atoms with Gasteiger partial charge in [-0.3, -0.25) is 10.1 Å². The minimum Gasteiger partial charge on any atom is -0.347 e. The summed E-state index contributed by atoms with van der Waals surface area (Å²) in [6.07, 6.45) is -0.657. The number of rotatable bonds is 4. The van der Waals surface area contributed by atoms with E-state index in [0.717, 1.165) is 0 Å². The predicted molar refractivity (Wildman–Crippen MR) is 74.3 cm³/mol. The van der Waals surface area contributed by atoms with Crippen LogP contribution >= 0.6 is 0 Å². The van der Waals surface area contributed by atoms with E-state index >= 15 is 0 Å². The number of benzene rings is 2. The first-order valence-electron chi connectivity index (χ1n) is 6.19. The Balaban J connectivity index is 1.87. The van der Waals surface area contributed by atoms with Gasteiger partial charge in [0.2, 0.25) is 9.84 Å². The van der Waals surface area contributed by atoms with Gasteiger partial charge in [0.15, 0.2) is 5.44 Å². The first kappa shape index (κ1) is 13.7. The first-order valence-corrected chi connectivity index (χ1v) is 7.73. The molecular formula is C14H11NO5S. The van der Waals surface area contributed by atoms with Crippen LogP contribution in [0.15, 0.2) is 59.5 Å². The molecule has 3 rings (SSSR count). The average Bonchev–Trinajstić information content (AvgIpc) is 3.29. The molecule has 0 aromatic heterocycles. The van der Waals surface area contributed by atoms with Crippen molar-refractivity contribution in [3.8, 4) is 0 Å². The number of nitro groups is 1. The zero-order valence-corrected chi connectivity index (χ0v) is 11.6. The topological polar surface area (TPSA) is 89.8 Å². The minimum atomic E-state index is -3.59. The van der Waals surface area contributed by atoms with Crippen LogP contribution in [0.3, 0.4) is 0 Å². The van der Waals surface area contributed by atoms with Crippen molar-refractivity contribution >= 4 is 15.5 Å². The lowest BCUT2D eigenvalue weighted by molar-refractivity contribution is -0.384. The van der Waals surface area contributed by atoms with E-state index in [4.69, 9.17) is 4.74 Å². The summed E-state index contributed by atoms with van der Waals surface area (Å²) >= 11 is 0. The summed E-state index contributed by atoms with van der Waals surface area (Å²) in [7, 11) is -3.59. The fourth-order valence-corrected chi connectivity index (χ4v) is 3.68. The maximum Gasteiger partial charge on any atom is 0.269 e. The molecule has 0 N–H and O–H groups in total. The molecule has 21 heavy (non-hydrogen) atoms. The number of hydrogen-bond donors (Lipinski definition) is 0. The van der Waals surface area contributed by atoms with Gasteiger partial charge in [0.05, 0.1) is 9.82 Å². The summed E-state index contributed by atoms with van der Waals surface area (Å²) in [5.74, 6) is 0. The first-order chi connectivity index (χ1) is 10.00. The van der Waals surface area contributed by atoms with E-state index in [2.05, 4.69) is 0 Å². The molecule has 0 saturated carbocycles. The van der Waals surface area contributed by atoms with Gasteiger partial charge in [0.1, 0.15) is 6.10 Å². The highest BCUT2D eigenvalue weighted by molar-refractivity contribution is 7.92. The van der Waals surface area contributed by atoms with Crippen molar-refractivity contribution in [2.24, 2.45) is 0 Å². The van der Waals surface area contributed by atoms with Crippen LogP contribution in [0.4, 0.5) is 5.69 Å². The van der Waals surface area contributed by atoms with Gasteiger partial charge in [0, 0.05) is 12.1 Å². The number of epoxide rings is 1. The number of nitrogens with zero attached hydrogens (tertiary/aromatic N) is 1. The third kappa shape index (κ3) is 2.53. The van der Waals surface area contributed by atoms with Crippen molar-refractivity contribution in [3.05, 3.63) is 70.3 Å². The van der Waals surface area contributed by atoms with Crippen LogP contribution in [0.1, 0.15) is 11.7 Å². The molecule has 0 amide bonds. The predicted octanol–water partition coefficient (Wildman–Crippen LogP) is 2.47. The van der Waals surface area contributed by atoms with Gasteiger partial charge in [-0.05, 0) is 17.7 Å². The Labute approximate surface area is 121 Å². The molecule has 0 bridgehead atoms. The number of non-ortho nitro benzene ring substituents is 1. The maximum atomic E-state index is 12.3. The summed E-state index contributed by atoms with van der Waals surface area (Å²) in [6, 6.07) is 13.8. The normalized spacial score (nSPS) is 21.0. The second kappa shape index (κ2) is 4.94.